The zero-order valence-corrected chi connectivity index (χ0v) is 12.1. The summed E-state index contributed by atoms with van der Waals surface area (Å²) in [6.45, 7) is 4.30. The first-order valence-corrected chi connectivity index (χ1v) is 7.21. The number of fused-ring (bicyclic) bond motifs is 2. The number of carbonyl (C=O) groups is 1. The standard InChI is InChI=1S/C15H15N3OS/c1-7(2)8-3-4-11-9(5-8)6-10-12(16)13(14(17)19)20-15(10)18-11/h3-7H,16H2,1-2H3,(H2,17,19). The fourth-order valence-corrected chi connectivity index (χ4v) is 3.20. The van der Waals surface area contributed by atoms with Crippen LogP contribution in [-0.4, -0.2) is 10.9 Å². The van der Waals surface area contributed by atoms with E-state index >= 15 is 0 Å². The minimum Gasteiger partial charge on any atom is -0.397 e. The number of nitrogen functional groups attached to an aromatic ring is 1. The molecule has 3 aromatic rings. The second-order valence-electron chi connectivity index (χ2n) is 5.16. The number of hydrogen-bond acceptors (Lipinski definition) is 4. The third-order valence-corrected chi connectivity index (χ3v) is 4.56. The van der Waals surface area contributed by atoms with Crippen molar-refractivity contribution in [3.63, 3.8) is 0 Å². The van der Waals surface area contributed by atoms with E-state index in [0.717, 1.165) is 21.1 Å². The third kappa shape index (κ3) is 1.91. The van der Waals surface area contributed by atoms with Crippen LogP contribution in [-0.2, 0) is 0 Å². The summed E-state index contributed by atoms with van der Waals surface area (Å²) in [6, 6.07) is 8.19. The predicted molar refractivity (Wildman–Crippen MR) is 84.1 cm³/mol. The first-order chi connectivity index (χ1) is 9.47. The van der Waals surface area contributed by atoms with Gasteiger partial charge in [-0.3, -0.25) is 4.79 Å². The number of nitrogens with zero attached hydrogens (tertiary/aromatic N) is 1. The first-order valence-electron chi connectivity index (χ1n) is 6.40. The molecule has 0 fully saturated rings. The molecular weight excluding hydrogens is 270 g/mol. The van der Waals surface area contributed by atoms with Crippen molar-refractivity contribution >= 4 is 44.1 Å². The Labute approximate surface area is 120 Å². The maximum Gasteiger partial charge on any atom is 0.260 e. The summed E-state index contributed by atoms with van der Waals surface area (Å²) in [5.74, 6) is -0.0477. The SMILES string of the molecule is CC(C)c1ccc2nc3sc(C(N)=O)c(N)c3cc2c1. The van der Waals surface area contributed by atoms with Gasteiger partial charge in [-0.15, -0.1) is 11.3 Å². The van der Waals surface area contributed by atoms with E-state index in [1.807, 2.05) is 12.1 Å². The van der Waals surface area contributed by atoms with E-state index < -0.39 is 5.91 Å². The van der Waals surface area contributed by atoms with Gasteiger partial charge >= 0.3 is 0 Å². The summed E-state index contributed by atoms with van der Waals surface area (Å²) in [5.41, 5.74) is 13.9. The summed E-state index contributed by atoms with van der Waals surface area (Å²) in [4.78, 5) is 17.1. The lowest BCUT2D eigenvalue weighted by Gasteiger charge is -2.06. The van der Waals surface area contributed by atoms with Crippen LogP contribution in [0.1, 0.15) is 35.0 Å². The zero-order chi connectivity index (χ0) is 14.4. The Balaban J connectivity index is 2.32. The van der Waals surface area contributed by atoms with E-state index in [2.05, 4.69) is 31.0 Å². The highest BCUT2D eigenvalue weighted by molar-refractivity contribution is 7.21. The number of nitrogens with two attached hydrogens (primary N) is 2. The number of aromatic nitrogens is 1. The van der Waals surface area contributed by atoms with Crippen molar-refractivity contribution < 1.29 is 4.79 Å². The number of amides is 1. The number of rotatable bonds is 2. The molecule has 0 saturated carbocycles. The molecule has 4 nitrogen and oxygen atoms in total. The largest absolute Gasteiger partial charge is 0.397 e. The van der Waals surface area contributed by atoms with Gasteiger partial charge in [-0.1, -0.05) is 19.9 Å². The zero-order valence-electron chi connectivity index (χ0n) is 11.3. The predicted octanol–water partition coefficient (Wildman–Crippen LogP) is 3.25. The number of hydrogen-bond donors (Lipinski definition) is 2. The second-order valence-corrected chi connectivity index (χ2v) is 6.16. The molecule has 4 N–H and O–H groups in total. The Kier molecular flexibility index (Phi) is 2.87. The molecule has 0 saturated heterocycles. The molecular formula is C15H15N3OS. The van der Waals surface area contributed by atoms with Crippen LogP contribution < -0.4 is 11.5 Å². The molecule has 2 heterocycles. The van der Waals surface area contributed by atoms with Gasteiger partial charge in [-0.05, 0) is 29.7 Å². The number of primary amides is 1. The Morgan fingerprint density at radius 2 is 2.05 bits per heavy atom. The minimum absolute atomic E-state index is 0.381. The molecule has 1 aromatic carbocycles. The fourth-order valence-electron chi connectivity index (χ4n) is 2.26. The maximum atomic E-state index is 11.4. The summed E-state index contributed by atoms with van der Waals surface area (Å²) >= 11 is 1.25. The first kappa shape index (κ1) is 12.9. The van der Waals surface area contributed by atoms with Gasteiger partial charge in [-0.2, -0.15) is 0 Å². The fraction of sp³-hybridized carbons (Fsp3) is 0.200. The average Bonchev–Trinajstić information content (AvgIpc) is 2.73. The Hall–Kier alpha value is -2.14. The van der Waals surface area contributed by atoms with Crippen LogP contribution in [0.2, 0.25) is 0 Å². The highest BCUT2D eigenvalue weighted by Crippen LogP contribution is 2.34. The Morgan fingerprint density at radius 1 is 1.30 bits per heavy atom. The normalized spacial score (nSPS) is 11.6. The summed E-state index contributed by atoms with van der Waals surface area (Å²) in [7, 11) is 0. The Bertz CT molecular complexity index is 836. The van der Waals surface area contributed by atoms with Gasteiger partial charge in [0.05, 0.1) is 11.2 Å². The van der Waals surface area contributed by atoms with E-state index in [1.165, 1.54) is 16.9 Å². The molecule has 0 atom stereocenters. The van der Waals surface area contributed by atoms with Crippen LogP contribution in [0.25, 0.3) is 21.1 Å². The van der Waals surface area contributed by atoms with Gasteiger partial charge in [0.25, 0.3) is 5.91 Å². The van der Waals surface area contributed by atoms with Crippen molar-refractivity contribution in [2.45, 2.75) is 19.8 Å². The highest BCUT2D eigenvalue weighted by Gasteiger charge is 2.15. The average molecular weight is 285 g/mol. The van der Waals surface area contributed by atoms with E-state index in [1.54, 1.807) is 0 Å². The van der Waals surface area contributed by atoms with Crippen LogP contribution in [0.3, 0.4) is 0 Å². The van der Waals surface area contributed by atoms with Crippen LogP contribution in [0.5, 0.6) is 0 Å². The molecule has 1 amide bonds. The smallest absolute Gasteiger partial charge is 0.260 e. The lowest BCUT2D eigenvalue weighted by atomic mass is 10.0. The quantitative estimate of drug-likeness (QED) is 0.758. The van der Waals surface area contributed by atoms with Gasteiger partial charge in [0, 0.05) is 10.8 Å². The van der Waals surface area contributed by atoms with Crippen molar-refractivity contribution in [1.82, 2.24) is 4.98 Å². The van der Waals surface area contributed by atoms with Gasteiger partial charge in [0.15, 0.2) is 0 Å². The molecule has 0 unspecified atom stereocenters. The molecule has 0 aliphatic heterocycles. The lowest BCUT2D eigenvalue weighted by Crippen LogP contribution is -2.10. The second kappa shape index (κ2) is 4.45. The van der Waals surface area contributed by atoms with E-state index in [9.17, 15) is 4.79 Å². The number of thiophene rings is 1. The maximum absolute atomic E-state index is 11.4. The van der Waals surface area contributed by atoms with E-state index in [0.29, 0.717) is 16.5 Å². The number of pyridine rings is 1. The van der Waals surface area contributed by atoms with Gasteiger partial charge in [-0.25, -0.2) is 4.98 Å². The van der Waals surface area contributed by atoms with Gasteiger partial charge < -0.3 is 11.5 Å². The molecule has 0 spiro atoms. The molecule has 0 bridgehead atoms. The molecule has 3 rings (SSSR count). The molecule has 5 heteroatoms. The molecule has 2 aromatic heterocycles. The third-order valence-electron chi connectivity index (χ3n) is 3.43. The molecule has 0 aliphatic carbocycles. The van der Waals surface area contributed by atoms with E-state index in [4.69, 9.17) is 11.5 Å². The molecule has 0 aliphatic rings. The summed E-state index contributed by atoms with van der Waals surface area (Å²) in [6.07, 6.45) is 0. The van der Waals surface area contributed by atoms with Crippen molar-refractivity contribution in [1.29, 1.82) is 0 Å². The van der Waals surface area contributed by atoms with Crippen molar-refractivity contribution in [2.75, 3.05) is 5.73 Å². The van der Waals surface area contributed by atoms with Crippen LogP contribution >= 0.6 is 11.3 Å². The van der Waals surface area contributed by atoms with E-state index in [-0.39, 0.29) is 0 Å². The van der Waals surface area contributed by atoms with Crippen molar-refractivity contribution in [2.24, 2.45) is 5.73 Å². The summed E-state index contributed by atoms with van der Waals surface area (Å²) in [5, 5.41) is 1.83. The number of anilines is 1. The van der Waals surface area contributed by atoms with Crippen LogP contribution in [0, 0.1) is 0 Å². The van der Waals surface area contributed by atoms with Gasteiger partial charge in [0.2, 0.25) is 0 Å². The van der Waals surface area contributed by atoms with Crippen LogP contribution in [0.15, 0.2) is 24.3 Å². The molecule has 0 radical (unpaired) electrons. The minimum atomic E-state index is -0.502. The lowest BCUT2D eigenvalue weighted by molar-refractivity contribution is 0.100. The van der Waals surface area contributed by atoms with Crippen molar-refractivity contribution in [3.05, 3.63) is 34.7 Å². The highest BCUT2D eigenvalue weighted by atomic mass is 32.1. The Morgan fingerprint density at radius 3 is 2.70 bits per heavy atom. The number of carbonyl (C=O) groups excluding carboxylic acids is 1. The monoisotopic (exact) mass is 285 g/mol. The summed E-state index contributed by atoms with van der Waals surface area (Å²) < 4.78 is 0. The topological polar surface area (TPSA) is 82.0 Å². The molecule has 20 heavy (non-hydrogen) atoms. The van der Waals surface area contributed by atoms with Crippen LogP contribution in [0.4, 0.5) is 5.69 Å². The van der Waals surface area contributed by atoms with Crippen molar-refractivity contribution in [3.8, 4) is 0 Å². The van der Waals surface area contributed by atoms with Gasteiger partial charge in [0.1, 0.15) is 9.71 Å². The number of benzene rings is 1. The molecule has 102 valence electrons.